The van der Waals surface area contributed by atoms with Gasteiger partial charge in [0.2, 0.25) is 0 Å². The third-order valence-electron chi connectivity index (χ3n) is 2.89. The van der Waals surface area contributed by atoms with Gasteiger partial charge < -0.3 is 10.5 Å². The van der Waals surface area contributed by atoms with Crippen LogP contribution in [0.25, 0.3) is 0 Å². The maximum absolute atomic E-state index is 6.09. The average Bonchev–Trinajstić information content (AvgIpc) is 2.27. The summed E-state index contributed by atoms with van der Waals surface area (Å²) in [7, 11) is 0. The highest BCUT2D eigenvalue weighted by atomic mass is 16.5. The quantitative estimate of drug-likeness (QED) is 0.811. The van der Waals surface area contributed by atoms with Crippen molar-refractivity contribution >= 4 is 0 Å². The maximum Gasteiger partial charge on any atom is 0.124 e. The van der Waals surface area contributed by atoms with Crippen LogP contribution < -0.4 is 10.5 Å². The molecular formula is C15H25NO. The Morgan fingerprint density at radius 1 is 1.18 bits per heavy atom. The fraction of sp³-hybridized carbons (Fsp3) is 0.600. The Hall–Kier alpha value is -1.02. The van der Waals surface area contributed by atoms with Crippen molar-refractivity contribution in [2.75, 3.05) is 0 Å². The number of ether oxygens (including phenoxy) is 1. The topological polar surface area (TPSA) is 35.2 Å². The lowest BCUT2D eigenvalue weighted by Gasteiger charge is -2.21. The standard InChI is InChI=1S/C15H25NO/c1-5-14(16)13-8-6-7-9-15(13)17-12(4)10-11(2)3/h6-9,11-12,14H,5,10,16H2,1-4H3. The summed E-state index contributed by atoms with van der Waals surface area (Å²) in [6.07, 6.45) is 2.23. The van der Waals surface area contributed by atoms with Gasteiger partial charge in [0.15, 0.2) is 0 Å². The SMILES string of the molecule is CCC(N)c1ccccc1OC(C)CC(C)C. The van der Waals surface area contributed by atoms with Gasteiger partial charge in [-0.1, -0.05) is 39.0 Å². The fourth-order valence-electron chi connectivity index (χ4n) is 2.04. The fourth-order valence-corrected chi connectivity index (χ4v) is 2.04. The number of hydrogen-bond acceptors (Lipinski definition) is 2. The molecule has 0 saturated carbocycles. The van der Waals surface area contributed by atoms with Crippen molar-refractivity contribution in [3.63, 3.8) is 0 Å². The van der Waals surface area contributed by atoms with E-state index in [1.807, 2.05) is 18.2 Å². The van der Waals surface area contributed by atoms with E-state index in [0.29, 0.717) is 5.92 Å². The summed E-state index contributed by atoms with van der Waals surface area (Å²) in [5.74, 6) is 1.59. The van der Waals surface area contributed by atoms with Crippen LogP contribution >= 0.6 is 0 Å². The number of benzene rings is 1. The van der Waals surface area contributed by atoms with Gasteiger partial charge in [0.05, 0.1) is 6.10 Å². The van der Waals surface area contributed by atoms with Gasteiger partial charge in [0, 0.05) is 11.6 Å². The molecule has 2 unspecified atom stereocenters. The van der Waals surface area contributed by atoms with E-state index in [1.54, 1.807) is 0 Å². The van der Waals surface area contributed by atoms with Gasteiger partial charge in [0.25, 0.3) is 0 Å². The number of para-hydroxylation sites is 1. The highest BCUT2D eigenvalue weighted by Crippen LogP contribution is 2.27. The van der Waals surface area contributed by atoms with Crippen LogP contribution in [-0.2, 0) is 0 Å². The van der Waals surface area contributed by atoms with Crippen LogP contribution in [0.1, 0.15) is 52.1 Å². The van der Waals surface area contributed by atoms with Crippen LogP contribution in [0.15, 0.2) is 24.3 Å². The van der Waals surface area contributed by atoms with E-state index in [-0.39, 0.29) is 12.1 Å². The molecular weight excluding hydrogens is 210 g/mol. The molecule has 0 aromatic heterocycles. The normalized spacial score (nSPS) is 14.7. The van der Waals surface area contributed by atoms with Crippen molar-refractivity contribution in [2.24, 2.45) is 11.7 Å². The van der Waals surface area contributed by atoms with Crippen LogP contribution in [0.4, 0.5) is 0 Å². The molecule has 2 atom stereocenters. The molecule has 2 nitrogen and oxygen atoms in total. The zero-order valence-corrected chi connectivity index (χ0v) is 11.4. The molecule has 17 heavy (non-hydrogen) atoms. The molecule has 1 aromatic carbocycles. The molecule has 0 amide bonds. The zero-order chi connectivity index (χ0) is 12.8. The predicted molar refractivity (Wildman–Crippen MR) is 73.2 cm³/mol. The first kappa shape index (κ1) is 14.0. The largest absolute Gasteiger partial charge is 0.490 e. The summed E-state index contributed by atoms with van der Waals surface area (Å²) in [5, 5.41) is 0. The lowest BCUT2D eigenvalue weighted by Crippen LogP contribution is -2.17. The Balaban J connectivity index is 2.76. The maximum atomic E-state index is 6.09. The average molecular weight is 235 g/mol. The molecule has 96 valence electrons. The van der Waals surface area contributed by atoms with Crippen molar-refractivity contribution in [3.8, 4) is 5.75 Å². The minimum Gasteiger partial charge on any atom is -0.490 e. The summed E-state index contributed by atoms with van der Waals surface area (Å²) in [5.41, 5.74) is 7.21. The van der Waals surface area contributed by atoms with E-state index in [4.69, 9.17) is 10.5 Å². The summed E-state index contributed by atoms with van der Waals surface area (Å²) in [6, 6.07) is 8.17. The van der Waals surface area contributed by atoms with E-state index in [9.17, 15) is 0 Å². The van der Waals surface area contributed by atoms with Crippen LogP contribution in [0.5, 0.6) is 5.75 Å². The molecule has 1 aromatic rings. The molecule has 0 bridgehead atoms. The second kappa shape index (κ2) is 6.65. The van der Waals surface area contributed by atoms with Gasteiger partial charge in [-0.15, -0.1) is 0 Å². The van der Waals surface area contributed by atoms with Crippen molar-refractivity contribution in [1.82, 2.24) is 0 Å². The molecule has 0 fully saturated rings. The van der Waals surface area contributed by atoms with Gasteiger partial charge in [-0.25, -0.2) is 0 Å². The Kier molecular flexibility index (Phi) is 5.49. The van der Waals surface area contributed by atoms with Crippen molar-refractivity contribution in [3.05, 3.63) is 29.8 Å². The molecule has 0 spiro atoms. The first-order valence-corrected chi connectivity index (χ1v) is 6.55. The van der Waals surface area contributed by atoms with Crippen LogP contribution in [0, 0.1) is 5.92 Å². The molecule has 0 saturated heterocycles. The summed E-state index contributed by atoms with van der Waals surface area (Å²) in [4.78, 5) is 0. The zero-order valence-electron chi connectivity index (χ0n) is 11.4. The van der Waals surface area contributed by atoms with Crippen LogP contribution in [0.3, 0.4) is 0 Å². The highest BCUT2D eigenvalue weighted by Gasteiger charge is 2.13. The molecule has 0 radical (unpaired) electrons. The molecule has 0 aliphatic heterocycles. The van der Waals surface area contributed by atoms with Gasteiger partial charge in [-0.05, 0) is 31.7 Å². The molecule has 0 aliphatic carbocycles. The van der Waals surface area contributed by atoms with Crippen molar-refractivity contribution in [1.29, 1.82) is 0 Å². The lowest BCUT2D eigenvalue weighted by atomic mass is 10.0. The first-order valence-electron chi connectivity index (χ1n) is 6.55. The number of rotatable bonds is 6. The lowest BCUT2D eigenvalue weighted by molar-refractivity contribution is 0.190. The first-order chi connectivity index (χ1) is 8.04. The highest BCUT2D eigenvalue weighted by molar-refractivity contribution is 5.35. The monoisotopic (exact) mass is 235 g/mol. The molecule has 0 aliphatic rings. The third kappa shape index (κ3) is 4.39. The van der Waals surface area contributed by atoms with Crippen LogP contribution in [-0.4, -0.2) is 6.10 Å². The van der Waals surface area contributed by atoms with Crippen molar-refractivity contribution in [2.45, 2.75) is 52.7 Å². The van der Waals surface area contributed by atoms with Crippen molar-refractivity contribution < 1.29 is 4.74 Å². The third-order valence-corrected chi connectivity index (χ3v) is 2.89. The van der Waals surface area contributed by atoms with Gasteiger partial charge in [-0.3, -0.25) is 0 Å². The summed E-state index contributed by atoms with van der Waals surface area (Å²) in [6.45, 7) is 8.64. The predicted octanol–water partition coefficient (Wildman–Crippen LogP) is 3.91. The Labute approximate surface area is 105 Å². The Bertz CT molecular complexity index is 335. The number of nitrogens with two attached hydrogens (primary N) is 1. The minimum atomic E-state index is 0.0671. The van der Waals surface area contributed by atoms with Crippen LogP contribution in [0.2, 0.25) is 0 Å². The Morgan fingerprint density at radius 2 is 1.82 bits per heavy atom. The van der Waals surface area contributed by atoms with E-state index < -0.39 is 0 Å². The molecule has 1 rings (SSSR count). The number of hydrogen-bond donors (Lipinski definition) is 1. The van der Waals surface area contributed by atoms with Gasteiger partial charge in [-0.2, -0.15) is 0 Å². The summed E-state index contributed by atoms with van der Waals surface area (Å²) < 4.78 is 6.00. The minimum absolute atomic E-state index is 0.0671. The van der Waals surface area contributed by atoms with E-state index in [0.717, 1.165) is 24.2 Å². The Morgan fingerprint density at radius 3 is 2.41 bits per heavy atom. The second-order valence-electron chi connectivity index (χ2n) is 5.11. The summed E-state index contributed by atoms with van der Waals surface area (Å²) >= 11 is 0. The molecule has 2 heteroatoms. The molecule has 0 heterocycles. The van der Waals surface area contributed by atoms with E-state index in [1.165, 1.54) is 0 Å². The smallest absolute Gasteiger partial charge is 0.124 e. The van der Waals surface area contributed by atoms with Gasteiger partial charge >= 0.3 is 0 Å². The van der Waals surface area contributed by atoms with E-state index in [2.05, 4.69) is 33.8 Å². The second-order valence-corrected chi connectivity index (χ2v) is 5.11. The van der Waals surface area contributed by atoms with Gasteiger partial charge in [0.1, 0.15) is 5.75 Å². The van der Waals surface area contributed by atoms with E-state index >= 15 is 0 Å². The molecule has 2 N–H and O–H groups in total.